The molecule has 104 valence electrons. The molecule has 2 rings (SSSR count). The molecule has 1 aromatic heterocycles. The first kappa shape index (κ1) is 13.7. The fraction of sp³-hybridized carbons (Fsp3) is 0.231. The van der Waals surface area contributed by atoms with Crippen molar-refractivity contribution in [3.05, 3.63) is 40.7 Å². The van der Waals surface area contributed by atoms with Crippen molar-refractivity contribution in [2.75, 3.05) is 25.6 Å². The summed E-state index contributed by atoms with van der Waals surface area (Å²) in [7, 11) is 3.02. The Kier molecular flexibility index (Phi) is 3.79. The second-order valence-corrected chi connectivity index (χ2v) is 4.21. The highest BCUT2D eigenvalue weighted by Crippen LogP contribution is 2.32. The topological polar surface area (TPSA) is 85.6 Å². The Morgan fingerprint density at radius 2 is 2.15 bits per heavy atom. The van der Waals surface area contributed by atoms with E-state index in [1.807, 2.05) is 0 Å². The van der Waals surface area contributed by atoms with Crippen LogP contribution in [0.4, 0.5) is 11.4 Å². The van der Waals surface area contributed by atoms with Crippen LogP contribution in [0.15, 0.2) is 30.6 Å². The maximum Gasteiger partial charge on any atom is 0.325 e. The van der Waals surface area contributed by atoms with Crippen LogP contribution in [0.5, 0.6) is 0 Å². The van der Waals surface area contributed by atoms with Gasteiger partial charge < -0.3 is 9.64 Å². The number of hydrogen-bond acceptors (Lipinski definition) is 6. The van der Waals surface area contributed by atoms with Crippen molar-refractivity contribution in [1.82, 2.24) is 4.98 Å². The number of carbonyl (C=O) groups is 1. The first-order valence-electron chi connectivity index (χ1n) is 5.83. The molecule has 0 N–H and O–H groups in total. The van der Waals surface area contributed by atoms with Gasteiger partial charge in [-0.3, -0.25) is 19.9 Å². The molecule has 0 saturated carbocycles. The van der Waals surface area contributed by atoms with Gasteiger partial charge in [0.05, 0.1) is 17.4 Å². The van der Waals surface area contributed by atoms with Crippen LogP contribution < -0.4 is 4.90 Å². The minimum Gasteiger partial charge on any atom is -0.468 e. The summed E-state index contributed by atoms with van der Waals surface area (Å²) < 4.78 is 4.61. The van der Waals surface area contributed by atoms with Crippen LogP contribution in [0.1, 0.15) is 0 Å². The number of nitrogens with zero attached hydrogens (tertiary/aromatic N) is 3. The number of non-ortho nitro benzene ring substituents is 1. The summed E-state index contributed by atoms with van der Waals surface area (Å²) >= 11 is 0. The number of rotatable bonds is 4. The minimum atomic E-state index is -0.438. The second-order valence-electron chi connectivity index (χ2n) is 4.21. The van der Waals surface area contributed by atoms with Crippen LogP contribution in [-0.4, -0.2) is 36.6 Å². The zero-order valence-electron chi connectivity index (χ0n) is 11.1. The van der Waals surface area contributed by atoms with E-state index >= 15 is 0 Å². The summed E-state index contributed by atoms with van der Waals surface area (Å²) in [6, 6.07) is 4.61. The van der Waals surface area contributed by atoms with E-state index in [2.05, 4.69) is 9.72 Å². The number of carbonyl (C=O) groups excluding carboxylic acids is 1. The largest absolute Gasteiger partial charge is 0.468 e. The zero-order chi connectivity index (χ0) is 14.7. The van der Waals surface area contributed by atoms with E-state index in [1.165, 1.54) is 19.4 Å². The SMILES string of the molecule is COC(=O)CN(C)c1ccc([N+](=O)[O-])c2ccncc12. The van der Waals surface area contributed by atoms with Gasteiger partial charge in [-0.15, -0.1) is 0 Å². The summed E-state index contributed by atoms with van der Waals surface area (Å²) in [5.74, 6) is -0.386. The Bertz CT molecular complexity index is 672. The Balaban J connectivity index is 2.53. The number of likely N-dealkylation sites (N-methyl/N-ethyl adjacent to an activating group) is 1. The van der Waals surface area contributed by atoms with Gasteiger partial charge >= 0.3 is 5.97 Å². The van der Waals surface area contributed by atoms with Gasteiger partial charge in [-0.25, -0.2) is 0 Å². The van der Waals surface area contributed by atoms with E-state index in [4.69, 9.17) is 0 Å². The van der Waals surface area contributed by atoms with Crippen LogP contribution in [0.25, 0.3) is 10.8 Å². The highest BCUT2D eigenvalue weighted by Gasteiger charge is 2.17. The van der Waals surface area contributed by atoms with Crippen LogP contribution in [0, 0.1) is 10.1 Å². The molecule has 0 bridgehead atoms. The summed E-state index contributed by atoms with van der Waals surface area (Å²) in [4.78, 5) is 27.6. The third-order valence-corrected chi connectivity index (χ3v) is 2.97. The van der Waals surface area contributed by atoms with E-state index in [0.29, 0.717) is 16.5 Å². The van der Waals surface area contributed by atoms with Gasteiger partial charge in [0.25, 0.3) is 5.69 Å². The Morgan fingerprint density at radius 1 is 1.40 bits per heavy atom. The highest BCUT2D eigenvalue weighted by molar-refractivity contribution is 6.00. The maximum absolute atomic E-state index is 11.3. The standard InChI is InChI=1S/C13H13N3O4/c1-15(8-13(17)20-2)11-3-4-12(16(18)19)9-5-6-14-7-10(9)11/h3-7H,8H2,1-2H3. The lowest BCUT2D eigenvalue weighted by molar-refractivity contribution is -0.383. The normalized spacial score (nSPS) is 10.3. The molecule has 1 heterocycles. The minimum absolute atomic E-state index is 0.0117. The molecule has 0 unspecified atom stereocenters. The first-order chi connectivity index (χ1) is 9.54. The number of ether oxygens (including phenoxy) is 1. The molecule has 0 radical (unpaired) electrons. The monoisotopic (exact) mass is 275 g/mol. The number of anilines is 1. The van der Waals surface area contributed by atoms with Crippen LogP contribution >= 0.6 is 0 Å². The van der Waals surface area contributed by atoms with Gasteiger partial charge in [-0.05, 0) is 12.1 Å². The van der Waals surface area contributed by atoms with Gasteiger partial charge in [0.1, 0.15) is 6.54 Å². The summed E-state index contributed by atoms with van der Waals surface area (Å²) in [5.41, 5.74) is 0.696. The Morgan fingerprint density at radius 3 is 2.80 bits per heavy atom. The van der Waals surface area contributed by atoms with E-state index in [-0.39, 0.29) is 18.2 Å². The number of aromatic nitrogens is 1. The van der Waals surface area contributed by atoms with Crippen LogP contribution in [-0.2, 0) is 9.53 Å². The first-order valence-corrected chi connectivity index (χ1v) is 5.83. The zero-order valence-corrected chi connectivity index (χ0v) is 11.1. The molecule has 20 heavy (non-hydrogen) atoms. The number of benzene rings is 1. The number of nitro benzene ring substituents is 1. The van der Waals surface area contributed by atoms with E-state index in [1.54, 1.807) is 30.3 Å². The van der Waals surface area contributed by atoms with Crippen molar-refractivity contribution in [2.45, 2.75) is 0 Å². The van der Waals surface area contributed by atoms with E-state index < -0.39 is 4.92 Å². The van der Waals surface area contributed by atoms with Gasteiger partial charge in [0.2, 0.25) is 0 Å². The number of nitro groups is 1. The number of pyridine rings is 1. The molecule has 7 heteroatoms. The summed E-state index contributed by atoms with van der Waals surface area (Å²) in [6.07, 6.45) is 3.05. The molecule has 7 nitrogen and oxygen atoms in total. The lowest BCUT2D eigenvalue weighted by Gasteiger charge is -2.19. The van der Waals surface area contributed by atoms with Crippen molar-refractivity contribution >= 4 is 28.1 Å². The van der Waals surface area contributed by atoms with Gasteiger partial charge in [-0.1, -0.05) is 0 Å². The quantitative estimate of drug-likeness (QED) is 0.480. The molecule has 0 aliphatic carbocycles. The predicted molar refractivity (Wildman–Crippen MR) is 73.7 cm³/mol. The fourth-order valence-electron chi connectivity index (χ4n) is 1.99. The maximum atomic E-state index is 11.3. The van der Waals surface area contributed by atoms with Crippen molar-refractivity contribution in [1.29, 1.82) is 0 Å². The Labute approximate surface area is 114 Å². The van der Waals surface area contributed by atoms with Crippen molar-refractivity contribution in [2.24, 2.45) is 0 Å². The number of esters is 1. The number of fused-ring (bicyclic) bond motifs is 1. The number of methoxy groups -OCH3 is 1. The molecular formula is C13H13N3O4. The molecule has 0 aliphatic heterocycles. The van der Waals surface area contributed by atoms with Crippen LogP contribution in [0.2, 0.25) is 0 Å². The molecule has 0 saturated heterocycles. The molecular weight excluding hydrogens is 262 g/mol. The van der Waals surface area contributed by atoms with Crippen molar-refractivity contribution in [3.63, 3.8) is 0 Å². The highest BCUT2D eigenvalue weighted by atomic mass is 16.6. The van der Waals surface area contributed by atoms with Gasteiger partial charge in [0, 0.05) is 36.6 Å². The average molecular weight is 275 g/mol. The van der Waals surface area contributed by atoms with E-state index in [9.17, 15) is 14.9 Å². The van der Waals surface area contributed by atoms with Crippen LogP contribution in [0.3, 0.4) is 0 Å². The van der Waals surface area contributed by atoms with E-state index in [0.717, 1.165) is 0 Å². The summed E-state index contributed by atoms with van der Waals surface area (Å²) in [5, 5.41) is 12.1. The molecule has 0 amide bonds. The second kappa shape index (κ2) is 5.52. The fourth-order valence-corrected chi connectivity index (χ4v) is 1.99. The number of hydrogen-bond donors (Lipinski definition) is 0. The molecule has 0 atom stereocenters. The van der Waals surface area contributed by atoms with Crippen molar-refractivity contribution in [3.8, 4) is 0 Å². The lowest BCUT2D eigenvalue weighted by atomic mass is 10.1. The van der Waals surface area contributed by atoms with Gasteiger partial charge in [-0.2, -0.15) is 0 Å². The average Bonchev–Trinajstić information content (AvgIpc) is 2.45. The third kappa shape index (κ3) is 2.51. The molecule has 0 fully saturated rings. The third-order valence-electron chi connectivity index (χ3n) is 2.97. The molecule has 1 aromatic carbocycles. The predicted octanol–water partition coefficient (Wildman–Crippen LogP) is 1.75. The lowest BCUT2D eigenvalue weighted by Crippen LogP contribution is -2.26. The molecule has 0 spiro atoms. The molecule has 0 aliphatic rings. The van der Waals surface area contributed by atoms with Gasteiger partial charge in [0.15, 0.2) is 0 Å². The molecule has 2 aromatic rings. The van der Waals surface area contributed by atoms with Crippen molar-refractivity contribution < 1.29 is 14.5 Å². The summed E-state index contributed by atoms with van der Waals surface area (Å²) in [6.45, 7) is 0.0539. The Hall–Kier alpha value is -2.70. The smallest absolute Gasteiger partial charge is 0.325 e.